The quantitative estimate of drug-likeness (QED) is 0.418. The van der Waals surface area contributed by atoms with Gasteiger partial charge in [0.15, 0.2) is 18.2 Å². The first-order valence-electron chi connectivity index (χ1n) is 7.51. The van der Waals surface area contributed by atoms with Gasteiger partial charge in [0.2, 0.25) is 12.3 Å². The number of Topliss-reactive ketones (excluding diaryl/α,β-unsaturated/α-hetero) is 1. The lowest BCUT2D eigenvalue weighted by Gasteiger charge is -2.01. The van der Waals surface area contributed by atoms with E-state index in [0.717, 1.165) is 4.47 Å². The minimum absolute atomic E-state index is 0. The molecule has 25 heavy (non-hydrogen) atoms. The smallest absolute Gasteiger partial charge is 0.227 e. The molecule has 3 rings (SSSR count). The Morgan fingerprint density at radius 3 is 1.92 bits per heavy atom. The Morgan fingerprint density at radius 2 is 1.32 bits per heavy atom. The summed E-state index contributed by atoms with van der Waals surface area (Å²) in [7, 11) is 0. The highest BCUT2D eigenvalue weighted by Crippen LogP contribution is 2.11. The molecule has 0 fully saturated rings. The van der Waals surface area contributed by atoms with Gasteiger partial charge in [0.1, 0.15) is 0 Å². The van der Waals surface area contributed by atoms with E-state index in [9.17, 15) is 9.59 Å². The van der Waals surface area contributed by atoms with Crippen LogP contribution in [0, 0.1) is 0 Å². The highest BCUT2D eigenvalue weighted by atomic mass is 79.9. The number of carbonyl (C=O) groups excluding carboxylic acids is 2. The minimum atomic E-state index is -0.0259. The van der Waals surface area contributed by atoms with E-state index in [1.165, 1.54) is 0 Å². The van der Waals surface area contributed by atoms with Crippen LogP contribution in [-0.4, -0.2) is 11.6 Å². The molecule has 1 aromatic heterocycles. The summed E-state index contributed by atoms with van der Waals surface area (Å²) in [6, 6.07) is 19.9. The summed E-state index contributed by atoms with van der Waals surface area (Å²) in [5.41, 5.74) is 1.92. The maximum absolute atomic E-state index is 12.4. The maximum atomic E-state index is 12.4. The molecule has 0 aliphatic rings. The molecule has 0 unspecified atom stereocenters. The Bertz CT molecular complexity index is 860. The second kappa shape index (κ2) is 8.83. The summed E-state index contributed by atoms with van der Waals surface area (Å²) in [6.07, 6.45) is 3.51. The number of halogens is 2. The van der Waals surface area contributed by atoms with Crippen molar-refractivity contribution in [2.45, 2.75) is 6.54 Å². The summed E-state index contributed by atoms with van der Waals surface area (Å²) < 4.78 is 2.71. The van der Waals surface area contributed by atoms with Gasteiger partial charge in [0.25, 0.3) is 0 Å². The zero-order valence-electron chi connectivity index (χ0n) is 13.2. The van der Waals surface area contributed by atoms with Crippen LogP contribution in [0.3, 0.4) is 0 Å². The lowest BCUT2D eigenvalue weighted by molar-refractivity contribution is -0.683. The molecular formula is C20H15Br2NO2. The molecule has 0 spiro atoms. The number of nitrogens with zero attached hydrogens (tertiary/aromatic N) is 1. The number of ketones is 2. The fraction of sp³-hybridized carbons (Fsp3) is 0.0500. The molecule has 0 aliphatic heterocycles. The van der Waals surface area contributed by atoms with Gasteiger partial charge in [-0.2, -0.15) is 4.57 Å². The van der Waals surface area contributed by atoms with Crippen molar-refractivity contribution in [3.05, 3.63) is 100 Å². The first kappa shape index (κ1) is 19.2. The third-order valence-corrected chi connectivity index (χ3v) is 4.21. The van der Waals surface area contributed by atoms with Crippen LogP contribution >= 0.6 is 15.9 Å². The highest BCUT2D eigenvalue weighted by molar-refractivity contribution is 9.10. The first-order valence-corrected chi connectivity index (χ1v) is 8.30. The van der Waals surface area contributed by atoms with E-state index in [1.807, 2.05) is 30.3 Å². The summed E-state index contributed by atoms with van der Waals surface area (Å²) in [4.78, 5) is 24.6. The molecule has 1 heterocycles. The van der Waals surface area contributed by atoms with Crippen LogP contribution in [-0.2, 0) is 6.54 Å². The van der Waals surface area contributed by atoms with Gasteiger partial charge in [0, 0.05) is 33.3 Å². The largest absolute Gasteiger partial charge is 1.00 e. The van der Waals surface area contributed by atoms with Crippen LogP contribution in [0.4, 0.5) is 0 Å². The molecule has 0 atom stereocenters. The predicted octanol–water partition coefficient (Wildman–Crippen LogP) is 0.854. The van der Waals surface area contributed by atoms with Crippen LogP contribution in [0.2, 0.25) is 0 Å². The van der Waals surface area contributed by atoms with E-state index in [1.54, 1.807) is 53.4 Å². The second-order valence-corrected chi connectivity index (χ2v) is 6.30. The van der Waals surface area contributed by atoms with Crippen molar-refractivity contribution in [1.82, 2.24) is 0 Å². The Labute approximate surface area is 165 Å². The Balaban J connectivity index is 0.00000225. The number of rotatable bonds is 5. The minimum Gasteiger partial charge on any atom is -1.00 e. The van der Waals surface area contributed by atoms with E-state index in [0.29, 0.717) is 16.7 Å². The number of benzene rings is 2. The third kappa shape index (κ3) is 4.94. The van der Waals surface area contributed by atoms with Crippen molar-refractivity contribution >= 4 is 27.5 Å². The molecule has 0 bridgehead atoms. The van der Waals surface area contributed by atoms with Gasteiger partial charge >= 0.3 is 0 Å². The third-order valence-electron chi connectivity index (χ3n) is 3.68. The average molecular weight is 461 g/mol. The molecule has 3 nitrogen and oxygen atoms in total. The van der Waals surface area contributed by atoms with E-state index >= 15 is 0 Å². The molecule has 0 radical (unpaired) electrons. The molecule has 0 amide bonds. The summed E-state index contributed by atoms with van der Waals surface area (Å²) >= 11 is 3.35. The zero-order valence-corrected chi connectivity index (χ0v) is 16.4. The van der Waals surface area contributed by atoms with Crippen molar-refractivity contribution in [2.24, 2.45) is 0 Å². The topological polar surface area (TPSA) is 38.0 Å². The van der Waals surface area contributed by atoms with Gasteiger partial charge in [-0.1, -0.05) is 58.4 Å². The van der Waals surface area contributed by atoms with Crippen LogP contribution in [0.15, 0.2) is 83.6 Å². The van der Waals surface area contributed by atoms with Crippen molar-refractivity contribution in [1.29, 1.82) is 0 Å². The lowest BCUT2D eigenvalue weighted by atomic mass is 10.0. The van der Waals surface area contributed by atoms with Crippen LogP contribution in [0.5, 0.6) is 0 Å². The normalized spacial score (nSPS) is 9.96. The van der Waals surface area contributed by atoms with Crippen molar-refractivity contribution in [2.75, 3.05) is 0 Å². The highest BCUT2D eigenvalue weighted by Gasteiger charge is 2.14. The van der Waals surface area contributed by atoms with Gasteiger partial charge in [-0.15, -0.1) is 0 Å². The number of hydrogen-bond acceptors (Lipinski definition) is 2. The molecule has 3 aromatic rings. The molecule has 0 aliphatic carbocycles. The van der Waals surface area contributed by atoms with E-state index in [4.69, 9.17) is 0 Å². The van der Waals surface area contributed by atoms with Gasteiger partial charge in [-0.05, 0) is 12.1 Å². The van der Waals surface area contributed by atoms with Crippen LogP contribution in [0.1, 0.15) is 26.3 Å². The second-order valence-electron chi connectivity index (χ2n) is 5.38. The number of hydrogen-bond donors (Lipinski definition) is 0. The number of aromatic nitrogens is 1. The summed E-state index contributed by atoms with van der Waals surface area (Å²) in [5.74, 6) is -0.00313. The lowest BCUT2D eigenvalue weighted by Crippen LogP contribution is -3.00. The summed E-state index contributed by atoms with van der Waals surface area (Å²) in [5, 5.41) is 0. The van der Waals surface area contributed by atoms with Gasteiger partial charge in [-0.25, -0.2) is 0 Å². The van der Waals surface area contributed by atoms with Crippen LogP contribution in [0.25, 0.3) is 0 Å². The molecular weight excluding hydrogens is 446 g/mol. The van der Waals surface area contributed by atoms with Crippen molar-refractivity contribution in [3.8, 4) is 0 Å². The summed E-state index contributed by atoms with van der Waals surface area (Å²) in [6.45, 7) is 0.238. The van der Waals surface area contributed by atoms with Gasteiger partial charge < -0.3 is 17.0 Å². The number of pyridine rings is 1. The fourth-order valence-corrected chi connectivity index (χ4v) is 2.63. The molecule has 126 valence electrons. The van der Waals surface area contributed by atoms with Gasteiger partial charge in [-0.3, -0.25) is 9.59 Å². The molecule has 0 N–H and O–H groups in total. The maximum Gasteiger partial charge on any atom is 0.227 e. The standard InChI is InChI=1S/C20H15BrNO2.BrH/c21-18-8-6-15(7-9-18)19(23)14-22-12-10-17(11-13-22)20(24)16-4-2-1-3-5-16;/h1-13H,14H2;1H/q+1;/p-1. The zero-order chi connectivity index (χ0) is 16.9. The Morgan fingerprint density at radius 1 is 0.760 bits per heavy atom. The SMILES string of the molecule is O=C(C[n+]1ccc(C(=O)c2ccccc2)cc1)c1ccc(Br)cc1.[Br-]. The fourth-order valence-electron chi connectivity index (χ4n) is 2.36. The first-order chi connectivity index (χ1) is 11.6. The predicted molar refractivity (Wildman–Crippen MR) is 95.0 cm³/mol. The molecule has 5 heteroatoms. The van der Waals surface area contributed by atoms with Crippen molar-refractivity contribution in [3.63, 3.8) is 0 Å². The van der Waals surface area contributed by atoms with E-state index < -0.39 is 0 Å². The Kier molecular flexibility index (Phi) is 6.79. The monoisotopic (exact) mass is 459 g/mol. The van der Waals surface area contributed by atoms with Gasteiger partial charge in [0.05, 0.1) is 0 Å². The molecule has 0 saturated carbocycles. The Hall–Kier alpha value is -2.11. The van der Waals surface area contributed by atoms with Crippen LogP contribution < -0.4 is 21.5 Å². The molecule has 2 aromatic carbocycles. The average Bonchev–Trinajstić information content (AvgIpc) is 2.63. The molecule has 0 saturated heterocycles. The van der Waals surface area contributed by atoms with E-state index in [-0.39, 0.29) is 35.1 Å². The number of carbonyl (C=O) groups is 2. The van der Waals surface area contributed by atoms with E-state index in [2.05, 4.69) is 15.9 Å². The van der Waals surface area contributed by atoms with Crippen molar-refractivity contribution < 1.29 is 31.1 Å².